The molecule has 0 aliphatic heterocycles. The molecule has 3 aromatic rings. The average Bonchev–Trinajstić information content (AvgIpc) is 3.03. The molecule has 0 saturated heterocycles. The molecule has 0 aliphatic carbocycles. The number of hydroxylamine groups is 2. The first-order valence-electron chi connectivity index (χ1n) is 7.60. The minimum atomic E-state index is -0.335. The number of nitrogens with zero attached hydrogens (tertiary/aromatic N) is 4. The fourth-order valence-electron chi connectivity index (χ4n) is 2.65. The molecule has 0 spiro atoms. The van der Waals surface area contributed by atoms with Crippen LogP contribution in [0.15, 0.2) is 30.6 Å². The van der Waals surface area contributed by atoms with Gasteiger partial charge in [0.25, 0.3) is 5.91 Å². The number of aromatic nitrogens is 3. The van der Waals surface area contributed by atoms with Gasteiger partial charge in [0.2, 0.25) is 0 Å². The predicted octanol–water partition coefficient (Wildman–Crippen LogP) is 3.51. The van der Waals surface area contributed by atoms with Gasteiger partial charge in [0.1, 0.15) is 0 Å². The molecule has 0 radical (unpaired) electrons. The molecule has 2 aromatic heterocycles. The summed E-state index contributed by atoms with van der Waals surface area (Å²) in [5.74, 6) is -0.335. The molecule has 1 aromatic carbocycles. The molecule has 0 unspecified atom stereocenters. The third-order valence-corrected chi connectivity index (χ3v) is 4.42. The molecule has 7 nitrogen and oxygen atoms in total. The van der Waals surface area contributed by atoms with Crippen molar-refractivity contribution >= 4 is 40.0 Å². The van der Waals surface area contributed by atoms with Crippen LogP contribution in [0.5, 0.6) is 0 Å². The summed E-state index contributed by atoms with van der Waals surface area (Å²) >= 11 is 12.5. The van der Waals surface area contributed by atoms with Crippen molar-refractivity contribution in [2.24, 2.45) is 0 Å². The number of pyridine rings is 1. The largest absolute Gasteiger partial charge is 0.378 e. The standard InChI is InChI=1S/C17H16Cl2N4O3/c1-22(26-3)17(24)11-8-21-23(15(11)9-25-2)14-4-5-20-13-7-10(18)6-12(19)16(13)14/h4-8H,9H2,1-3H3. The van der Waals surface area contributed by atoms with Gasteiger partial charge in [-0.05, 0) is 18.2 Å². The number of hydrogen-bond donors (Lipinski definition) is 0. The summed E-state index contributed by atoms with van der Waals surface area (Å²) in [7, 11) is 4.48. The summed E-state index contributed by atoms with van der Waals surface area (Å²) in [5, 5.41) is 7.10. The van der Waals surface area contributed by atoms with E-state index in [9.17, 15) is 4.79 Å². The topological polar surface area (TPSA) is 69.5 Å². The van der Waals surface area contributed by atoms with Crippen LogP contribution in [0, 0.1) is 0 Å². The van der Waals surface area contributed by atoms with Crippen LogP contribution >= 0.6 is 23.2 Å². The van der Waals surface area contributed by atoms with E-state index in [-0.39, 0.29) is 12.5 Å². The minimum absolute atomic E-state index is 0.174. The van der Waals surface area contributed by atoms with E-state index >= 15 is 0 Å². The predicted molar refractivity (Wildman–Crippen MR) is 98.7 cm³/mol. The first-order chi connectivity index (χ1) is 12.5. The number of benzene rings is 1. The highest BCUT2D eigenvalue weighted by molar-refractivity contribution is 6.39. The van der Waals surface area contributed by atoms with Crippen molar-refractivity contribution in [1.29, 1.82) is 0 Å². The van der Waals surface area contributed by atoms with E-state index in [4.69, 9.17) is 32.8 Å². The Morgan fingerprint density at radius 2 is 2.08 bits per heavy atom. The summed E-state index contributed by atoms with van der Waals surface area (Å²) in [6.45, 7) is 0.174. The number of ether oxygens (including phenoxy) is 1. The summed E-state index contributed by atoms with van der Waals surface area (Å²) in [6, 6.07) is 5.12. The highest BCUT2D eigenvalue weighted by Crippen LogP contribution is 2.32. The first kappa shape index (κ1) is 18.6. The van der Waals surface area contributed by atoms with Crippen LogP contribution in [0.3, 0.4) is 0 Å². The molecule has 0 N–H and O–H groups in total. The smallest absolute Gasteiger partial charge is 0.280 e. The van der Waals surface area contributed by atoms with Gasteiger partial charge >= 0.3 is 0 Å². The highest BCUT2D eigenvalue weighted by atomic mass is 35.5. The molecule has 3 rings (SSSR count). The summed E-state index contributed by atoms with van der Waals surface area (Å²) in [5.41, 5.74) is 2.23. The average molecular weight is 395 g/mol. The second-order valence-corrected chi connectivity index (χ2v) is 6.29. The van der Waals surface area contributed by atoms with E-state index < -0.39 is 0 Å². The fraction of sp³-hybridized carbons (Fsp3) is 0.235. The van der Waals surface area contributed by atoms with Crippen molar-refractivity contribution in [3.8, 4) is 5.69 Å². The zero-order chi connectivity index (χ0) is 18.8. The van der Waals surface area contributed by atoms with Crippen LogP contribution in [0.1, 0.15) is 16.1 Å². The van der Waals surface area contributed by atoms with E-state index in [0.29, 0.717) is 37.9 Å². The zero-order valence-electron chi connectivity index (χ0n) is 14.4. The highest BCUT2D eigenvalue weighted by Gasteiger charge is 2.23. The van der Waals surface area contributed by atoms with Gasteiger partial charge in [-0.1, -0.05) is 23.2 Å². The number of methoxy groups -OCH3 is 1. The zero-order valence-corrected chi connectivity index (χ0v) is 15.9. The first-order valence-corrected chi connectivity index (χ1v) is 8.35. The van der Waals surface area contributed by atoms with E-state index in [0.717, 1.165) is 5.06 Å². The van der Waals surface area contributed by atoms with Crippen molar-refractivity contribution in [1.82, 2.24) is 19.8 Å². The molecule has 26 heavy (non-hydrogen) atoms. The molecule has 0 fully saturated rings. The van der Waals surface area contributed by atoms with Gasteiger partial charge in [0.05, 0.1) is 47.4 Å². The molecule has 0 aliphatic rings. The minimum Gasteiger partial charge on any atom is -0.378 e. The van der Waals surface area contributed by atoms with Gasteiger partial charge in [-0.3, -0.25) is 14.6 Å². The Kier molecular flexibility index (Phi) is 5.43. The Balaban J connectivity index is 2.23. The molecule has 2 heterocycles. The van der Waals surface area contributed by atoms with Gasteiger partial charge in [-0.25, -0.2) is 9.75 Å². The maximum absolute atomic E-state index is 12.5. The molecule has 136 valence electrons. The Hall–Kier alpha value is -2.19. The summed E-state index contributed by atoms with van der Waals surface area (Å²) in [4.78, 5) is 21.8. The van der Waals surface area contributed by atoms with E-state index in [2.05, 4.69) is 10.1 Å². The van der Waals surface area contributed by atoms with Crippen LogP contribution < -0.4 is 0 Å². The van der Waals surface area contributed by atoms with Crippen molar-refractivity contribution in [2.45, 2.75) is 6.61 Å². The second-order valence-electron chi connectivity index (χ2n) is 5.45. The Bertz CT molecular complexity index is 974. The monoisotopic (exact) mass is 394 g/mol. The van der Waals surface area contributed by atoms with E-state index in [1.165, 1.54) is 20.4 Å². The normalized spacial score (nSPS) is 11.1. The van der Waals surface area contributed by atoms with E-state index in [1.807, 2.05) is 0 Å². The maximum Gasteiger partial charge on any atom is 0.280 e. The van der Waals surface area contributed by atoms with Gasteiger partial charge in [0, 0.05) is 30.8 Å². The summed E-state index contributed by atoms with van der Waals surface area (Å²) < 4.78 is 6.89. The SMILES string of the molecule is COCc1c(C(=O)N(C)OC)cnn1-c1ccnc2cc(Cl)cc(Cl)c12. The van der Waals surface area contributed by atoms with Crippen LogP contribution in [0.2, 0.25) is 10.0 Å². The van der Waals surface area contributed by atoms with E-state index in [1.54, 1.807) is 36.2 Å². The number of carbonyl (C=O) groups excluding carboxylic acids is 1. The number of amides is 1. The third-order valence-electron chi connectivity index (χ3n) is 3.90. The number of rotatable bonds is 5. The molecular formula is C17H16Cl2N4O3. The quantitative estimate of drug-likeness (QED) is 0.619. The summed E-state index contributed by atoms with van der Waals surface area (Å²) in [6.07, 6.45) is 3.10. The van der Waals surface area contributed by atoms with Crippen molar-refractivity contribution in [2.75, 3.05) is 21.3 Å². The van der Waals surface area contributed by atoms with Crippen LogP contribution in [-0.2, 0) is 16.2 Å². The van der Waals surface area contributed by atoms with Crippen LogP contribution in [-0.4, -0.2) is 47.0 Å². The second kappa shape index (κ2) is 7.59. The van der Waals surface area contributed by atoms with Gasteiger partial charge in [-0.2, -0.15) is 5.10 Å². The lowest BCUT2D eigenvalue weighted by Gasteiger charge is -2.15. The molecule has 9 heteroatoms. The van der Waals surface area contributed by atoms with Crippen LogP contribution in [0.4, 0.5) is 0 Å². The number of halogens is 2. The Labute approximate surface area is 160 Å². The van der Waals surface area contributed by atoms with Crippen molar-refractivity contribution in [3.63, 3.8) is 0 Å². The Morgan fingerprint density at radius 3 is 2.77 bits per heavy atom. The number of hydrogen-bond acceptors (Lipinski definition) is 5. The van der Waals surface area contributed by atoms with Gasteiger partial charge in [-0.15, -0.1) is 0 Å². The molecule has 0 saturated carbocycles. The lowest BCUT2D eigenvalue weighted by Crippen LogP contribution is -2.26. The van der Waals surface area contributed by atoms with Gasteiger partial charge in [0.15, 0.2) is 0 Å². The maximum atomic E-state index is 12.5. The van der Waals surface area contributed by atoms with Crippen molar-refractivity contribution < 1.29 is 14.4 Å². The molecular weight excluding hydrogens is 379 g/mol. The molecule has 0 atom stereocenters. The lowest BCUT2D eigenvalue weighted by atomic mass is 10.1. The number of carbonyl (C=O) groups is 1. The lowest BCUT2D eigenvalue weighted by molar-refractivity contribution is -0.0758. The van der Waals surface area contributed by atoms with Crippen molar-refractivity contribution in [3.05, 3.63) is 51.9 Å². The van der Waals surface area contributed by atoms with Gasteiger partial charge < -0.3 is 4.74 Å². The third kappa shape index (κ3) is 3.26. The molecule has 0 bridgehead atoms. The fourth-order valence-corrected chi connectivity index (χ4v) is 3.23. The van der Waals surface area contributed by atoms with Crippen LogP contribution in [0.25, 0.3) is 16.6 Å². The number of fused-ring (bicyclic) bond motifs is 1. The molecule has 1 amide bonds. The Morgan fingerprint density at radius 1 is 1.31 bits per heavy atom.